The number of nitrogens with zero attached hydrogens (tertiary/aromatic N) is 3. The van der Waals surface area contributed by atoms with E-state index in [-0.39, 0.29) is 22.2 Å². The number of morpholine rings is 1. The Bertz CT molecular complexity index is 1650. The van der Waals surface area contributed by atoms with E-state index in [1.807, 2.05) is 0 Å². The first kappa shape index (κ1) is 25.3. The zero-order valence-corrected chi connectivity index (χ0v) is 21.9. The van der Waals surface area contributed by atoms with Crippen LogP contribution in [0.1, 0.15) is 27.2 Å². The van der Waals surface area contributed by atoms with Gasteiger partial charge in [-0.15, -0.1) is 0 Å². The molecule has 0 aliphatic carbocycles. The van der Waals surface area contributed by atoms with Crippen molar-refractivity contribution in [2.45, 2.75) is 11.3 Å². The highest BCUT2D eigenvalue weighted by molar-refractivity contribution is 7.90. The molecule has 0 radical (unpaired) electrons. The summed E-state index contributed by atoms with van der Waals surface area (Å²) in [6, 6.07) is 19.9. The van der Waals surface area contributed by atoms with Gasteiger partial charge in [-0.2, -0.15) is 5.26 Å². The molecule has 1 aliphatic heterocycles. The Morgan fingerprint density at radius 3 is 2.43 bits per heavy atom. The zero-order chi connectivity index (χ0) is 26.2. The summed E-state index contributed by atoms with van der Waals surface area (Å²) < 4.78 is 34.2. The van der Waals surface area contributed by atoms with Crippen LogP contribution in [0.25, 0.3) is 10.9 Å². The van der Waals surface area contributed by atoms with Gasteiger partial charge < -0.3 is 9.64 Å². The van der Waals surface area contributed by atoms with E-state index >= 15 is 0 Å². The third-order valence-electron chi connectivity index (χ3n) is 6.31. The van der Waals surface area contributed by atoms with Crippen molar-refractivity contribution in [2.24, 2.45) is 0 Å². The predicted molar refractivity (Wildman–Crippen MR) is 142 cm³/mol. The largest absolute Gasteiger partial charge is 0.378 e. The first-order chi connectivity index (χ1) is 17.8. The minimum Gasteiger partial charge on any atom is -0.378 e. The summed E-state index contributed by atoms with van der Waals surface area (Å²) in [4.78, 5) is 15.0. The lowest BCUT2D eigenvalue weighted by Gasteiger charge is -2.27. The van der Waals surface area contributed by atoms with Gasteiger partial charge in [-0.25, -0.2) is 12.4 Å². The van der Waals surface area contributed by atoms with Gasteiger partial charge in [-0.3, -0.25) is 4.79 Å². The maximum Gasteiger partial charge on any atom is 0.268 e. The Kier molecular flexibility index (Phi) is 6.97. The molecule has 3 aromatic carbocycles. The number of benzene rings is 3. The van der Waals surface area contributed by atoms with Crippen LogP contribution in [0.2, 0.25) is 10.0 Å². The van der Waals surface area contributed by atoms with Gasteiger partial charge in [0.05, 0.1) is 45.8 Å². The molecule has 1 saturated heterocycles. The van der Waals surface area contributed by atoms with Gasteiger partial charge in [0.2, 0.25) is 0 Å². The first-order valence-corrected chi connectivity index (χ1v) is 13.7. The SMILES string of the molecule is N#Cc1ccc2c(c1)cc(Cc1c(Cl)ccc(C(=O)N3CCOCC3)c1Cl)n2S(=O)(=O)c1ccccc1. The fourth-order valence-corrected chi connectivity index (χ4v) is 6.61. The van der Waals surface area contributed by atoms with Gasteiger partial charge in [-0.05, 0) is 54.1 Å². The number of ether oxygens (including phenoxy) is 1. The molecule has 0 spiro atoms. The molecule has 0 bridgehead atoms. The second kappa shape index (κ2) is 10.2. The number of carbonyl (C=O) groups excluding carboxylic acids is 1. The molecule has 1 amide bonds. The van der Waals surface area contributed by atoms with E-state index in [1.165, 1.54) is 16.1 Å². The van der Waals surface area contributed by atoms with Gasteiger partial charge in [0.15, 0.2) is 0 Å². The molecule has 1 aromatic heterocycles. The van der Waals surface area contributed by atoms with Crippen LogP contribution in [-0.2, 0) is 21.2 Å². The maximum absolute atomic E-state index is 13.8. The summed E-state index contributed by atoms with van der Waals surface area (Å²) >= 11 is 13.3. The lowest BCUT2D eigenvalue weighted by molar-refractivity contribution is 0.0303. The summed E-state index contributed by atoms with van der Waals surface area (Å²) in [6.07, 6.45) is 0.0462. The first-order valence-electron chi connectivity index (χ1n) is 11.5. The van der Waals surface area contributed by atoms with E-state index < -0.39 is 10.0 Å². The molecule has 0 unspecified atom stereocenters. The van der Waals surface area contributed by atoms with Crippen LogP contribution in [0.15, 0.2) is 71.6 Å². The van der Waals surface area contributed by atoms with Crippen LogP contribution >= 0.6 is 23.2 Å². The van der Waals surface area contributed by atoms with E-state index in [0.717, 1.165) is 0 Å². The van der Waals surface area contributed by atoms with Crippen LogP contribution < -0.4 is 0 Å². The van der Waals surface area contributed by atoms with E-state index in [4.69, 9.17) is 27.9 Å². The third kappa shape index (κ3) is 4.72. The van der Waals surface area contributed by atoms with Crippen LogP contribution in [0.5, 0.6) is 0 Å². The quantitative estimate of drug-likeness (QED) is 0.342. The third-order valence-corrected chi connectivity index (χ3v) is 8.88. The molecule has 10 heteroatoms. The van der Waals surface area contributed by atoms with Crippen molar-refractivity contribution in [1.29, 1.82) is 5.26 Å². The zero-order valence-electron chi connectivity index (χ0n) is 19.5. The molecule has 37 heavy (non-hydrogen) atoms. The fourth-order valence-electron chi connectivity index (χ4n) is 4.46. The number of aromatic nitrogens is 1. The summed E-state index contributed by atoms with van der Waals surface area (Å²) in [5.41, 5.74) is 1.96. The number of hydrogen-bond donors (Lipinski definition) is 0. The van der Waals surface area contributed by atoms with Crippen LogP contribution in [-0.4, -0.2) is 49.5 Å². The Morgan fingerprint density at radius 1 is 1.00 bits per heavy atom. The predicted octanol–water partition coefficient (Wildman–Crippen LogP) is 5.12. The van der Waals surface area contributed by atoms with Crippen LogP contribution in [0.3, 0.4) is 0 Å². The molecule has 0 saturated carbocycles. The van der Waals surface area contributed by atoms with Gasteiger partial charge in [0, 0.05) is 35.6 Å². The van der Waals surface area contributed by atoms with E-state index in [9.17, 15) is 18.5 Å². The highest BCUT2D eigenvalue weighted by Gasteiger charge is 2.27. The fraction of sp³-hybridized carbons (Fsp3) is 0.185. The van der Waals surface area contributed by atoms with Crippen molar-refractivity contribution in [2.75, 3.05) is 26.3 Å². The molecule has 1 aliphatic rings. The van der Waals surface area contributed by atoms with E-state index in [2.05, 4.69) is 6.07 Å². The van der Waals surface area contributed by atoms with Gasteiger partial charge in [0.1, 0.15) is 0 Å². The van der Waals surface area contributed by atoms with Crippen molar-refractivity contribution in [1.82, 2.24) is 8.87 Å². The van der Waals surface area contributed by atoms with Crippen LogP contribution in [0.4, 0.5) is 0 Å². The average molecular weight is 554 g/mol. The van der Waals surface area contributed by atoms with Gasteiger partial charge >= 0.3 is 0 Å². The Labute approximate surface area is 224 Å². The lowest BCUT2D eigenvalue weighted by Crippen LogP contribution is -2.40. The number of rotatable bonds is 5. The van der Waals surface area contributed by atoms with Crippen molar-refractivity contribution < 1.29 is 17.9 Å². The highest BCUT2D eigenvalue weighted by atomic mass is 35.5. The van der Waals surface area contributed by atoms with Crippen molar-refractivity contribution in [3.05, 3.63) is 99.2 Å². The monoisotopic (exact) mass is 553 g/mol. The second-order valence-corrected chi connectivity index (χ2v) is 11.1. The molecular formula is C27H21Cl2N3O4S. The maximum atomic E-state index is 13.8. The molecule has 0 N–H and O–H groups in total. The Balaban J connectivity index is 1.65. The minimum atomic E-state index is -4.00. The Morgan fingerprint density at radius 2 is 1.73 bits per heavy atom. The van der Waals surface area contributed by atoms with Crippen molar-refractivity contribution in [3.63, 3.8) is 0 Å². The second-order valence-electron chi connectivity index (χ2n) is 8.57. The molecular weight excluding hydrogens is 533 g/mol. The van der Waals surface area contributed by atoms with E-state index in [1.54, 1.807) is 59.5 Å². The number of fused-ring (bicyclic) bond motifs is 1. The summed E-state index contributed by atoms with van der Waals surface area (Å²) in [5.74, 6) is -0.234. The molecule has 0 atom stereocenters. The smallest absolute Gasteiger partial charge is 0.268 e. The number of nitriles is 1. The normalized spacial score (nSPS) is 14.0. The minimum absolute atomic E-state index is 0.0462. The number of hydrogen-bond acceptors (Lipinski definition) is 5. The molecule has 2 heterocycles. The number of amides is 1. The molecule has 4 aromatic rings. The summed E-state index contributed by atoms with van der Waals surface area (Å²) in [6.45, 7) is 1.81. The molecule has 7 nitrogen and oxygen atoms in total. The molecule has 5 rings (SSSR count). The number of halogens is 2. The summed E-state index contributed by atoms with van der Waals surface area (Å²) in [7, 11) is -4.00. The highest BCUT2D eigenvalue weighted by Crippen LogP contribution is 2.34. The van der Waals surface area contributed by atoms with Gasteiger partial charge in [-0.1, -0.05) is 41.4 Å². The average Bonchev–Trinajstić information content (AvgIpc) is 3.29. The molecule has 1 fully saturated rings. The standard InChI is InChI=1S/C27H21Cl2N3O4S/c28-24-8-7-22(27(33)31-10-12-36-13-11-31)26(29)23(24)16-20-15-19-14-18(17-30)6-9-25(19)32(20)37(34,35)21-4-2-1-3-5-21/h1-9,14-15H,10-13,16H2. The van der Waals surface area contributed by atoms with Crippen molar-refractivity contribution >= 4 is 50.0 Å². The van der Waals surface area contributed by atoms with Crippen LogP contribution in [0, 0.1) is 11.3 Å². The Hall–Kier alpha value is -3.35. The molecule has 188 valence electrons. The van der Waals surface area contributed by atoms with Gasteiger partial charge in [0.25, 0.3) is 15.9 Å². The number of carbonyl (C=O) groups is 1. The van der Waals surface area contributed by atoms with Crippen molar-refractivity contribution in [3.8, 4) is 6.07 Å². The topological polar surface area (TPSA) is 92.4 Å². The summed E-state index contributed by atoms with van der Waals surface area (Å²) in [5, 5.41) is 10.4. The lowest BCUT2D eigenvalue weighted by atomic mass is 10.0. The van der Waals surface area contributed by atoms with E-state index in [0.29, 0.717) is 64.6 Å².